The predicted molar refractivity (Wildman–Crippen MR) is 158 cm³/mol. The second kappa shape index (κ2) is 11.8. The Labute approximate surface area is 238 Å². The third kappa shape index (κ3) is 6.12. The molecular weight excluding hydrogens is 516 g/mol. The molecule has 0 spiro atoms. The fraction of sp³-hybridized carbons (Fsp3) is 0.0857. The molecule has 0 heterocycles. The van der Waals surface area contributed by atoms with Gasteiger partial charge in [-0.3, -0.25) is 0 Å². The number of phenolic OH excluding ortho intramolecular Hbond substituents is 1. The van der Waals surface area contributed by atoms with Gasteiger partial charge >= 0.3 is 11.9 Å². The van der Waals surface area contributed by atoms with E-state index < -0.39 is 11.9 Å². The smallest absolute Gasteiger partial charge is 0.343 e. The van der Waals surface area contributed by atoms with Gasteiger partial charge in [-0.1, -0.05) is 48.5 Å². The molecule has 1 N–H and O–H groups in total. The zero-order valence-corrected chi connectivity index (χ0v) is 22.9. The molecule has 0 radical (unpaired) electrons. The summed E-state index contributed by atoms with van der Waals surface area (Å²) in [6.07, 6.45) is 0. The van der Waals surface area contributed by atoms with E-state index in [-0.39, 0.29) is 5.75 Å². The van der Waals surface area contributed by atoms with Crippen LogP contribution >= 0.6 is 0 Å². The van der Waals surface area contributed by atoms with Gasteiger partial charge < -0.3 is 19.3 Å². The van der Waals surface area contributed by atoms with Crippen LogP contribution in [0.15, 0.2) is 109 Å². The van der Waals surface area contributed by atoms with Crippen molar-refractivity contribution in [1.82, 2.24) is 0 Å². The molecule has 0 saturated carbocycles. The summed E-state index contributed by atoms with van der Waals surface area (Å²) < 4.78 is 16.6. The van der Waals surface area contributed by atoms with Crippen LogP contribution < -0.4 is 14.2 Å². The quantitative estimate of drug-likeness (QED) is 0.166. The van der Waals surface area contributed by atoms with Gasteiger partial charge in [0.2, 0.25) is 0 Å². The summed E-state index contributed by atoms with van der Waals surface area (Å²) in [6, 6.07) is 32.0. The lowest BCUT2D eigenvalue weighted by Gasteiger charge is -2.14. The van der Waals surface area contributed by atoms with Gasteiger partial charge in [0.25, 0.3) is 0 Å². The number of aromatic hydroxyl groups is 1. The molecule has 0 fully saturated rings. The second-order valence-corrected chi connectivity index (χ2v) is 9.52. The number of carbonyl (C=O) groups excluding carboxylic acids is 2. The molecule has 0 aliphatic rings. The maximum absolute atomic E-state index is 12.9. The van der Waals surface area contributed by atoms with Gasteiger partial charge in [-0.15, -0.1) is 0 Å². The molecule has 0 atom stereocenters. The van der Waals surface area contributed by atoms with Gasteiger partial charge in [-0.05, 0) is 108 Å². The molecule has 5 rings (SSSR count). The molecule has 204 valence electrons. The SMILES string of the molecule is COc1ccc(-c2ccc(C(=O)Oc3ccc(OC(=O)c4ccc(-c5ccc(O)cc5)cc4)c(C)c3C)cc2)cc1. The third-order valence-electron chi connectivity index (χ3n) is 6.96. The first kappa shape index (κ1) is 27.2. The zero-order valence-electron chi connectivity index (χ0n) is 22.9. The van der Waals surface area contributed by atoms with Crippen molar-refractivity contribution in [2.24, 2.45) is 0 Å². The molecule has 0 unspecified atom stereocenters. The van der Waals surface area contributed by atoms with Crippen LogP contribution in [0.5, 0.6) is 23.0 Å². The van der Waals surface area contributed by atoms with Crippen LogP contribution in [0, 0.1) is 13.8 Å². The maximum Gasteiger partial charge on any atom is 0.343 e. The van der Waals surface area contributed by atoms with Crippen LogP contribution in [0.4, 0.5) is 0 Å². The lowest BCUT2D eigenvalue weighted by Crippen LogP contribution is -2.12. The van der Waals surface area contributed by atoms with Gasteiger partial charge in [0.1, 0.15) is 23.0 Å². The maximum atomic E-state index is 12.9. The van der Waals surface area contributed by atoms with Crippen LogP contribution in [0.3, 0.4) is 0 Å². The highest BCUT2D eigenvalue weighted by atomic mass is 16.5. The van der Waals surface area contributed by atoms with Gasteiger partial charge in [-0.2, -0.15) is 0 Å². The van der Waals surface area contributed by atoms with Crippen molar-refractivity contribution < 1.29 is 28.9 Å². The van der Waals surface area contributed by atoms with E-state index in [0.717, 1.165) is 28.0 Å². The van der Waals surface area contributed by atoms with Crippen molar-refractivity contribution in [2.75, 3.05) is 7.11 Å². The largest absolute Gasteiger partial charge is 0.508 e. The first-order valence-electron chi connectivity index (χ1n) is 13.0. The van der Waals surface area contributed by atoms with Crippen LogP contribution in [0.25, 0.3) is 22.3 Å². The Bertz CT molecular complexity index is 1690. The van der Waals surface area contributed by atoms with Crippen molar-refractivity contribution in [3.63, 3.8) is 0 Å². The lowest BCUT2D eigenvalue weighted by molar-refractivity contribution is 0.0717. The summed E-state index contributed by atoms with van der Waals surface area (Å²) in [6.45, 7) is 3.63. The molecule has 5 aromatic rings. The van der Waals surface area contributed by atoms with E-state index in [4.69, 9.17) is 14.2 Å². The number of carbonyl (C=O) groups is 2. The number of rotatable bonds is 7. The van der Waals surface area contributed by atoms with E-state index in [2.05, 4.69) is 0 Å². The Hall–Kier alpha value is -5.36. The average Bonchev–Trinajstić information content (AvgIpc) is 3.01. The summed E-state index contributed by atoms with van der Waals surface area (Å²) in [7, 11) is 1.62. The van der Waals surface area contributed by atoms with Crippen molar-refractivity contribution in [2.45, 2.75) is 13.8 Å². The number of methoxy groups -OCH3 is 1. The summed E-state index contributed by atoms with van der Waals surface area (Å²) in [5.74, 6) is 0.781. The minimum Gasteiger partial charge on any atom is -0.508 e. The number of ether oxygens (including phenoxy) is 3. The topological polar surface area (TPSA) is 82.1 Å². The zero-order chi connectivity index (χ0) is 28.9. The first-order valence-corrected chi connectivity index (χ1v) is 13.0. The fourth-order valence-electron chi connectivity index (χ4n) is 4.34. The fourth-order valence-corrected chi connectivity index (χ4v) is 4.34. The van der Waals surface area contributed by atoms with Gasteiger partial charge in [0.15, 0.2) is 0 Å². The molecular formula is C35H28O6. The minimum absolute atomic E-state index is 0.194. The third-order valence-corrected chi connectivity index (χ3v) is 6.96. The van der Waals surface area contributed by atoms with Crippen LogP contribution in [-0.2, 0) is 0 Å². The molecule has 0 aliphatic carbocycles. The molecule has 6 nitrogen and oxygen atoms in total. The molecule has 41 heavy (non-hydrogen) atoms. The highest BCUT2D eigenvalue weighted by Gasteiger charge is 2.17. The molecule has 0 aliphatic heterocycles. The molecule has 0 saturated heterocycles. The van der Waals surface area contributed by atoms with E-state index in [1.807, 2.05) is 62.4 Å². The Kier molecular flexibility index (Phi) is 7.83. The summed E-state index contributed by atoms with van der Waals surface area (Å²) in [4.78, 5) is 25.7. The van der Waals surface area contributed by atoms with E-state index >= 15 is 0 Å². The van der Waals surface area contributed by atoms with Crippen LogP contribution in [0.2, 0.25) is 0 Å². The summed E-state index contributed by atoms with van der Waals surface area (Å²) in [5, 5.41) is 9.48. The normalized spacial score (nSPS) is 10.6. The van der Waals surface area contributed by atoms with Crippen LogP contribution in [-0.4, -0.2) is 24.2 Å². The minimum atomic E-state index is -0.494. The number of hydrogen-bond donors (Lipinski definition) is 1. The molecule has 0 bridgehead atoms. The Morgan fingerprint density at radius 1 is 0.512 bits per heavy atom. The summed E-state index contributed by atoms with van der Waals surface area (Å²) >= 11 is 0. The summed E-state index contributed by atoms with van der Waals surface area (Å²) in [5.41, 5.74) is 6.03. The van der Waals surface area contributed by atoms with Gasteiger partial charge in [0.05, 0.1) is 18.2 Å². The number of benzene rings is 5. The molecule has 0 amide bonds. The Morgan fingerprint density at radius 3 is 1.22 bits per heavy atom. The predicted octanol–water partition coefficient (Wildman–Crippen LogP) is 7.79. The van der Waals surface area contributed by atoms with E-state index in [1.54, 1.807) is 67.8 Å². The standard InChI is InChI=1S/C35H28O6/c1-22-23(2)33(41-35(38)29-10-6-25(7-11-29)27-14-18-31(39-3)19-15-27)21-20-32(22)40-34(37)28-8-4-24(5-9-28)26-12-16-30(36)17-13-26/h4-21,36H,1-3H3. The first-order chi connectivity index (χ1) is 19.8. The van der Waals surface area contributed by atoms with Crippen LogP contribution in [0.1, 0.15) is 31.8 Å². The second-order valence-electron chi connectivity index (χ2n) is 9.52. The molecule has 6 heteroatoms. The number of phenols is 1. The van der Waals surface area contributed by atoms with E-state index in [1.165, 1.54) is 0 Å². The van der Waals surface area contributed by atoms with E-state index in [9.17, 15) is 14.7 Å². The number of hydrogen-bond acceptors (Lipinski definition) is 6. The average molecular weight is 545 g/mol. The Balaban J connectivity index is 1.24. The van der Waals surface area contributed by atoms with Crippen molar-refractivity contribution >= 4 is 11.9 Å². The van der Waals surface area contributed by atoms with Crippen molar-refractivity contribution in [1.29, 1.82) is 0 Å². The highest BCUT2D eigenvalue weighted by molar-refractivity contribution is 5.93. The number of esters is 2. The Morgan fingerprint density at radius 2 is 0.854 bits per heavy atom. The van der Waals surface area contributed by atoms with Gasteiger partial charge in [0, 0.05) is 0 Å². The van der Waals surface area contributed by atoms with E-state index in [0.29, 0.717) is 33.8 Å². The van der Waals surface area contributed by atoms with Crippen molar-refractivity contribution in [3.8, 4) is 45.3 Å². The molecule has 0 aromatic heterocycles. The van der Waals surface area contributed by atoms with Crippen molar-refractivity contribution in [3.05, 3.63) is 131 Å². The lowest BCUT2D eigenvalue weighted by atomic mass is 10.0. The van der Waals surface area contributed by atoms with Gasteiger partial charge in [-0.25, -0.2) is 9.59 Å². The monoisotopic (exact) mass is 544 g/mol. The highest BCUT2D eigenvalue weighted by Crippen LogP contribution is 2.31. The molecule has 5 aromatic carbocycles.